The first-order valence-corrected chi connectivity index (χ1v) is 7.12. The summed E-state index contributed by atoms with van der Waals surface area (Å²) in [4.78, 5) is 17.0. The van der Waals surface area contributed by atoms with Crippen molar-refractivity contribution in [3.8, 4) is 11.3 Å². The van der Waals surface area contributed by atoms with E-state index in [0.29, 0.717) is 22.1 Å². The van der Waals surface area contributed by atoms with E-state index in [2.05, 4.69) is 11.1 Å². The summed E-state index contributed by atoms with van der Waals surface area (Å²) in [5.74, 6) is 0. The molecule has 0 aliphatic rings. The van der Waals surface area contributed by atoms with Gasteiger partial charge >= 0.3 is 0 Å². The van der Waals surface area contributed by atoms with Crippen molar-refractivity contribution in [2.24, 2.45) is 0 Å². The maximum Gasteiger partial charge on any atom is 0.231 e. The molecule has 3 nitrogen and oxygen atoms in total. The topological polar surface area (TPSA) is 43.1 Å². The Morgan fingerprint density at radius 3 is 2.64 bits per heavy atom. The van der Waals surface area contributed by atoms with Crippen LogP contribution in [0, 0.1) is 6.92 Å². The summed E-state index contributed by atoms with van der Waals surface area (Å²) in [6.07, 6.45) is 0. The highest BCUT2D eigenvalue weighted by atomic mass is 16.3. The van der Waals surface area contributed by atoms with E-state index in [1.165, 1.54) is 5.56 Å². The van der Waals surface area contributed by atoms with Gasteiger partial charge in [0, 0.05) is 5.56 Å². The predicted molar refractivity (Wildman–Crippen MR) is 88.0 cm³/mol. The monoisotopic (exact) mass is 287 g/mol. The second kappa shape index (κ2) is 4.81. The standard InChI is InChI=1S/C19H13NO2/c1-12-5-4-6-13(11-12)16-10-9-15-18(21)14-7-2-3-8-17(14)22-19(15)20-16/h2-11H,1H3. The fraction of sp³-hybridized carbons (Fsp3) is 0.0526. The van der Waals surface area contributed by atoms with E-state index in [1.54, 1.807) is 18.2 Å². The second-order valence-electron chi connectivity index (χ2n) is 5.35. The van der Waals surface area contributed by atoms with Crippen molar-refractivity contribution < 1.29 is 4.42 Å². The van der Waals surface area contributed by atoms with Crippen LogP contribution in [0.25, 0.3) is 33.3 Å². The van der Waals surface area contributed by atoms with Crippen LogP contribution < -0.4 is 5.43 Å². The minimum atomic E-state index is -0.0415. The van der Waals surface area contributed by atoms with Crippen LogP contribution in [-0.2, 0) is 0 Å². The fourth-order valence-corrected chi connectivity index (χ4v) is 2.65. The minimum absolute atomic E-state index is 0.0415. The first-order valence-electron chi connectivity index (χ1n) is 7.12. The number of benzene rings is 2. The molecule has 0 aliphatic carbocycles. The van der Waals surface area contributed by atoms with Gasteiger partial charge < -0.3 is 4.42 Å². The maximum absolute atomic E-state index is 12.5. The molecule has 4 aromatic rings. The first kappa shape index (κ1) is 12.8. The van der Waals surface area contributed by atoms with Gasteiger partial charge in [-0.3, -0.25) is 4.79 Å². The number of fused-ring (bicyclic) bond motifs is 2. The largest absolute Gasteiger partial charge is 0.437 e. The third-order valence-corrected chi connectivity index (χ3v) is 3.76. The molecule has 0 saturated heterocycles. The van der Waals surface area contributed by atoms with Crippen molar-refractivity contribution in [2.75, 3.05) is 0 Å². The highest BCUT2D eigenvalue weighted by Crippen LogP contribution is 2.22. The van der Waals surface area contributed by atoms with Gasteiger partial charge in [-0.05, 0) is 37.3 Å². The molecule has 0 amide bonds. The van der Waals surface area contributed by atoms with Gasteiger partial charge in [-0.1, -0.05) is 35.9 Å². The van der Waals surface area contributed by atoms with Gasteiger partial charge in [0.05, 0.1) is 16.5 Å². The number of pyridine rings is 1. The van der Waals surface area contributed by atoms with Crippen LogP contribution in [0.3, 0.4) is 0 Å². The quantitative estimate of drug-likeness (QED) is 0.490. The van der Waals surface area contributed by atoms with Crippen molar-refractivity contribution in [2.45, 2.75) is 6.92 Å². The summed E-state index contributed by atoms with van der Waals surface area (Å²) >= 11 is 0. The molecule has 0 bridgehead atoms. The predicted octanol–water partition coefficient (Wildman–Crippen LogP) is 4.32. The molecule has 0 unspecified atom stereocenters. The van der Waals surface area contributed by atoms with Crippen LogP contribution >= 0.6 is 0 Å². The first-order chi connectivity index (χ1) is 10.7. The Balaban J connectivity index is 2.02. The molecule has 0 aliphatic heterocycles. The summed E-state index contributed by atoms with van der Waals surface area (Å²) in [7, 11) is 0. The number of nitrogens with zero attached hydrogens (tertiary/aromatic N) is 1. The Morgan fingerprint density at radius 1 is 0.909 bits per heavy atom. The Hall–Kier alpha value is -2.94. The van der Waals surface area contributed by atoms with Crippen LogP contribution in [0.5, 0.6) is 0 Å². The van der Waals surface area contributed by atoms with Crippen LogP contribution in [0.2, 0.25) is 0 Å². The Labute approximate surface area is 126 Å². The highest BCUT2D eigenvalue weighted by molar-refractivity contribution is 5.88. The normalized spacial score (nSPS) is 11.1. The Bertz CT molecular complexity index is 1060. The smallest absolute Gasteiger partial charge is 0.231 e. The zero-order valence-electron chi connectivity index (χ0n) is 12.0. The number of rotatable bonds is 1. The molecule has 0 N–H and O–H groups in total. The third-order valence-electron chi connectivity index (χ3n) is 3.76. The fourth-order valence-electron chi connectivity index (χ4n) is 2.65. The molecular weight excluding hydrogens is 274 g/mol. The Kier molecular flexibility index (Phi) is 2.79. The van der Waals surface area contributed by atoms with Gasteiger partial charge in [-0.2, -0.15) is 0 Å². The number of hydrogen-bond donors (Lipinski definition) is 0. The van der Waals surface area contributed by atoms with Crippen LogP contribution in [0.15, 0.2) is 69.9 Å². The Morgan fingerprint density at radius 2 is 1.77 bits per heavy atom. The van der Waals surface area contributed by atoms with E-state index in [0.717, 1.165) is 11.3 Å². The van der Waals surface area contributed by atoms with Gasteiger partial charge in [-0.15, -0.1) is 0 Å². The van der Waals surface area contributed by atoms with Crippen LogP contribution in [0.1, 0.15) is 5.56 Å². The van der Waals surface area contributed by atoms with Crippen molar-refractivity contribution in [3.63, 3.8) is 0 Å². The van der Waals surface area contributed by atoms with Gasteiger partial charge in [0.15, 0.2) is 0 Å². The van der Waals surface area contributed by atoms with E-state index in [-0.39, 0.29) is 5.43 Å². The SMILES string of the molecule is Cc1cccc(-c2ccc3c(=O)c4ccccc4oc3n2)c1. The maximum atomic E-state index is 12.5. The van der Waals surface area contributed by atoms with Gasteiger partial charge in [0.2, 0.25) is 11.1 Å². The summed E-state index contributed by atoms with van der Waals surface area (Å²) in [5, 5.41) is 1.09. The number of aromatic nitrogens is 1. The zero-order chi connectivity index (χ0) is 15.1. The van der Waals surface area contributed by atoms with E-state index < -0.39 is 0 Å². The van der Waals surface area contributed by atoms with Crippen molar-refractivity contribution >= 4 is 22.1 Å². The lowest BCUT2D eigenvalue weighted by Crippen LogP contribution is -2.03. The van der Waals surface area contributed by atoms with E-state index in [4.69, 9.17) is 4.42 Å². The lowest BCUT2D eigenvalue weighted by molar-refractivity contribution is 0.645. The third kappa shape index (κ3) is 1.99. The van der Waals surface area contributed by atoms with E-state index in [9.17, 15) is 4.79 Å². The molecule has 2 aromatic heterocycles. The summed E-state index contributed by atoms with van der Waals surface area (Å²) in [6, 6.07) is 19.0. The molecule has 0 saturated carbocycles. The molecule has 0 atom stereocenters. The number of para-hydroxylation sites is 1. The van der Waals surface area contributed by atoms with Gasteiger partial charge in [0.1, 0.15) is 5.58 Å². The summed E-state index contributed by atoms with van der Waals surface area (Å²) < 4.78 is 5.81. The van der Waals surface area contributed by atoms with Crippen molar-refractivity contribution in [3.05, 3.63) is 76.5 Å². The zero-order valence-corrected chi connectivity index (χ0v) is 12.0. The number of aryl methyl sites for hydroxylation is 1. The molecule has 3 heteroatoms. The average molecular weight is 287 g/mol. The molecule has 2 heterocycles. The summed E-state index contributed by atoms with van der Waals surface area (Å²) in [5.41, 5.74) is 3.88. The lowest BCUT2D eigenvalue weighted by atomic mass is 10.1. The number of hydrogen-bond acceptors (Lipinski definition) is 3. The summed E-state index contributed by atoms with van der Waals surface area (Å²) in [6.45, 7) is 2.04. The van der Waals surface area contributed by atoms with Gasteiger partial charge in [-0.25, -0.2) is 4.98 Å². The molecule has 22 heavy (non-hydrogen) atoms. The second-order valence-corrected chi connectivity index (χ2v) is 5.35. The van der Waals surface area contributed by atoms with Crippen LogP contribution in [-0.4, -0.2) is 4.98 Å². The van der Waals surface area contributed by atoms with Crippen molar-refractivity contribution in [1.82, 2.24) is 4.98 Å². The molecule has 4 rings (SSSR count). The average Bonchev–Trinajstić information content (AvgIpc) is 2.55. The van der Waals surface area contributed by atoms with Crippen LogP contribution in [0.4, 0.5) is 0 Å². The molecule has 106 valence electrons. The highest BCUT2D eigenvalue weighted by Gasteiger charge is 2.09. The lowest BCUT2D eigenvalue weighted by Gasteiger charge is -2.04. The van der Waals surface area contributed by atoms with Gasteiger partial charge in [0.25, 0.3) is 0 Å². The molecule has 0 fully saturated rings. The molecule has 0 radical (unpaired) electrons. The minimum Gasteiger partial charge on any atom is -0.437 e. The molecular formula is C19H13NO2. The molecule has 0 spiro atoms. The van der Waals surface area contributed by atoms with Crippen molar-refractivity contribution in [1.29, 1.82) is 0 Å². The van der Waals surface area contributed by atoms with E-state index in [1.807, 2.05) is 43.3 Å². The molecule has 2 aromatic carbocycles. The van der Waals surface area contributed by atoms with E-state index >= 15 is 0 Å².